The predicted octanol–water partition coefficient (Wildman–Crippen LogP) is 0.383. The van der Waals surface area contributed by atoms with Gasteiger partial charge in [0, 0.05) is 7.11 Å². The van der Waals surface area contributed by atoms with E-state index in [4.69, 9.17) is 9.15 Å². The Morgan fingerprint density at radius 2 is 2.18 bits per heavy atom. The Morgan fingerprint density at radius 3 is 2.76 bits per heavy atom. The lowest BCUT2D eigenvalue weighted by atomic mass is 10.1. The maximum Gasteiger partial charge on any atom is 0.338 e. The fourth-order valence-electron chi connectivity index (χ4n) is 1.29. The van der Waals surface area contributed by atoms with Gasteiger partial charge in [0.2, 0.25) is 0 Å². The first-order valence-corrected chi connectivity index (χ1v) is 5.20. The van der Waals surface area contributed by atoms with Gasteiger partial charge in [-0.15, -0.1) is 0 Å². The smallest absolute Gasteiger partial charge is 0.338 e. The second-order valence-corrected chi connectivity index (χ2v) is 3.38. The van der Waals surface area contributed by atoms with Crippen LogP contribution in [0.5, 0.6) is 0 Å². The SMILES string of the molecule is CCOC(=O)C(O)C(O)c1ccc(COC)o1. The van der Waals surface area contributed by atoms with Crippen molar-refractivity contribution in [3.8, 4) is 0 Å². The third kappa shape index (κ3) is 3.55. The van der Waals surface area contributed by atoms with Gasteiger partial charge in [0.15, 0.2) is 6.10 Å². The van der Waals surface area contributed by atoms with E-state index in [0.29, 0.717) is 5.76 Å². The predicted molar refractivity (Wildman–Crippen MR) is 57.0 cm³/mol. The van der Waals surface area contributed by atoms with Crippen LogP contribution in [0.25, 0.3) is 0 Å². The number of carbonyl (C=O) groups is 1. The van der Waals surface area contributed by atoms with Gasteiger partial charge in [-0.05, 0) is 19.1 Å². The Morgan fingerprint density at radius 1 is 1.47 bits per heavy atom. The molecule has 2 N–H and O–H groups in total. The van der Waals surface area contributed by atoms with Crippen molar-refractivity contribution in [2.75, 3.05) is 13.7 Å². The molecule has 17 heavy (non-hydrogen) atoms. The number of ether oxygens (including phenoxy) is 2. The molecule has 0 radical (unpaired) electrons. The van der Waals surface area contributed by atoms with E-state index in [-0.39, 0.29) is 19.0 Å². The summed E-state index contributed by atoms with van der Waals surface area (Å²) < 4.78 is 14.6. The molecular formula is C11H16O6. The van der Waals surface area contributed by atoms with Crippen LogP contribution < -0.4 is 0 Å². The highest BCUT2D eigenvalue weighted by molar-refractivity contribution is 5.75. The van der Waals surface area contributed by atoms with Crippen LogP contribution in [0.15, 0.2) is 16.5 Å². The third-order valence-corrected chi connectivity index (χ3v) is 2.09. The van der Waals surface area contributed by atoms with E-state index in [0.717, 1.165) is 0 Å². The number of methoxy groups -OCH3 is 1. The minimum absolute atomic E-state index is 0.0950. The monoisotopic (exact) mass is 244 g/mol. The summed E-state index contributed by atoms with van der Waals surface area (Å²) in [7, 11) is 1.51. The molecular weight excluding hydrogens is 228 g/mol. The number of esters is 1. The number of furan rings is 1. The van der Waals surface area contributed by atoms with Gasteiger partial charge in [-0.1, -0.05) is 0 Å². The third-order valence-electron chi connectivity index (χ3n) is 2.09. The lowest BCUT2D eigenvalue weighted by Gasteiger charge is -2.14. The zero-order valence-electron chi connectivity index (χ0n) is 9.75. The molecule has 0 aliphatic heterocycles. The van der Waals surface area contributed by atoms with E-state index in [2.05, 4.69) is 4.74 Å². The zero-order chi connectivity index (χ0) is 12.8. The summed E-state index contributed by atoms with van der Waals surface area (Å²) in [6, 6.07) is 3.07. The fraction of sp³-hybridized carbons (Fsp3) is 0.545. The highest BCUT2D eigenvalue weighted by Crippen LogP contribution is 2.21. The molecule has 2 unspecified atom stereocenters. The summed E-state index contributed by atoms with van der Waals surface area (Å²) >= 11 is 0. The van der Waals surface area contributed by atoms with E-state index in [1.54, 1.807) is 13.0 Å². The van der Waals surface area contributed by atoms with Crippen LogP contribution >= 0.6 is 0 Å². The van der Waals surface area contributed by atoms with Gasteiger partial charge >= 0.3 is 5.97 Å². The van der Waals surface area contributed by atoms with E-state index in [1.807, 2.05) is 0 Å². The Kier molecular flexibility index (Phi) is 5.14. The van der Waals surface area contributed by atoms with Gasteiger partial charge < -0.3 is 24.1 Å². The van der Waals surface area contributed by atoms with Crippen molar-refractivity contribution in [1.29, 1.82) is 0 Å². The average molecular weight is 244 g/mol. The minimum atomic E-state index is -1.66. The Labute approximate surface area is 98.8 Å². The van der Waals surface area contributed by atoms with Crippen molar-refractivity contribution < 1.29 is 28.9 Å². The number of rotatable bonds is 6. The van der Waals surface area contributed by atoms with Crippen molar-refractivity contribution in [1.82, 2.24) is 0 Å². The summed E-state index contributed by atoms with van der Waals surface area (Å²) in [4.78, 5) is 11.2. The molecule has 0 fully saturated rings. The van der Waals surface area contributed by atoms with Crippen molar-refractivity contribution in [3.05, 3.63) is 23.7 Å². The van der Waals surface area contributed by atoms with E-state index in [9.17, 15) is 15.0 Å². The van der Waals surface area contributed by atoms with Crippen molar-refractivity contribution in [2.45, 2.75) is 25.7 Å². The van der Waals surface area contributed by atoms with Gasteiger partial charge in [0.05, 0.1) is 6.61 Å². The second-order valence-electron chi connectivity index (χ2n) is 3.38. The Hall–Kier alpha value is -1.37. The number of aliphatic hydroxyl groups is 2. The van der Waals surface area contributed by atoms with Gasteiger partial charge in [-0.25, -0.2) is 4.79 Å². The normalized spacial score (nSPS) is 14.4. The fourth-order valence-corrected chi connectivity index (χ4v) is 1.29. The highest BCUT2D eigenvalue weighted by atomic mass is 16.5. The standard InChI is InChI=1S/C11H16O6/c1-3-16-11(14)10(13)9(12)8-5-4-7(17-8)6-15-2/h4-5,9-10,12-13H,3,6H2,1-2H3. The summed E-state index contributed by atoms with van der Waals surface area (Å²) in [5, 5.41) is 19.2. The first-order valence-electron chi connectivity index (χ1n) is 5.20. The number of hydrogen-bond donors (Lipinski definition) is 2. The molecule has 0 saturated carbocycles. The van der Waals surface area contributed by atoms with Crippen LogP contribution in [0, 0.1) is 0 Å². The van der Waals surface area contributed by atoms with Crippen molar-refractivity contribution >= 4 is 5.97 Å². The Balaban J connectivity index is 2.67. The molecule has 1 aromatic heterocycles. The lowest BCUT2D eigenvalue weighted by molar-refractivity contribution is -0.160. The number of aliphatic hydroxyl groups excluding tert-OH is 2. The first-order chi connectivity index (χ1) is 8.10. The topological polar surface area (TPSA) is 89.1 Å². The summed E-state index contributed by atoms with van der Waals surface area (Å²) in [5.41, 5.74) is 0. The molecule has 0 spiro atoms. The van der Waals surface area contributed by atoms with E-state index < -0.39 is 18.2 Å². The van der Waals surface area contributed by atoms with Crippen LogP contribution in [0.2, 0.25) is 0 Å². The highest BCUT2D eigenvalue weighted by Gasteiger charge is 2.29. The van der Waals surface area contributed by atoms with Crippen molar-refractivity contribution in [2.24, 2.45) is 0 Å². The number of carbonyl (C=O) groups excluding carboxylic acids is 1. The zero-order valence-corrected chi connectivity index (χ0v) is 9.75. The maximum absolute atomic E-state index is 11.2. The van der Waals surface area contributed by atoms with Crippen LogP contribution in [-0.4, -0.2) is 36.0 Å². The molecule has 1 heterocycles. The molecule has 0 saturated heterocycles. The summed E-state index contributed by atoms with van der Waals surface area (Å²) in [6.45, 7) is 2.00. The van der Waals surface area contributed by atoms with Gasteiger partial charge in [0.25, 0.3) is 0 Å². The summed E-state index contributed by atoms with van der Waals surface area (Å²) in [5.74, 6) is -0.292. The second kappa shape index (κ2) is 6.39. The molecule has 1 aromatic rings. The van der Waals surface area contributed by atoms with Gasteiger partial charge in [0.1, 0.15) is 24.2 Å². The molecule has 0 aromatic carbocycles. The minimum Gasteiger partial charge on any atom is -0.464 e. The molecule has 1 rings (SSSR count). The van der Waals surface area contributed by atoms with Gasteiger partial charge in [-0.3, -0.25) is 0 Å². The van der Waals surface area contributed by atoms with Crippen LogP contribution in [-0.2, 0) is 20.9 Å². The molecule has 6 nitrogen and oxygen atoms in total. The largest absolute Gasteiger partial charge is 0.464 e. The summed E-state index contributed by atoms with van der Waals surface area (Å²) in [6.07, 6.45) is -3.10. The van der Waals surface area contributed by atoms with Crippen molar-refractivity contribution in [3.63, 3.8) is 0 Å². The van der Waals surface area contributed by atoms with E-state index in [1.165, 1.54) is 13.2 Å². The molecule has 0 aliphatic rings. The first kappa shape index (κ1) is 13.7. The van der Waals surface area contributed by atoms with E-state index >= 15 is 0 Å². The van der Waals surface area contributed by atoms with Crippen LogP contribution in [0.3, 0.4) is 0 Å². The molecule has 96 valence electrons. The molecule has 0 aliphatic carbocycles. The Bertz CT molecular complexity index is 359. The molecule has 0 bridgehead atoms. The molecule has 6 heteroatoms. The lowest BCUT2D eigenvalue weighted by Crippen LogP contribution is -2.29. The quantitative estimate of drug-likeness (QED) is 0.703. The molecule has 2 atom stereocenters. The van der Waals surface area contributed by atoms with Gasteiger partial charge in [-0.2, -0.15) is 0 Å². The van der Waals surface area contributed by atoms with Crippen LogP contribution in [0.1, 0.15) is 24.5 Å². The molecule has 0 amide bonds. The number of hydrogen-bond acceptors (Lipinski definition) is 6. The van der Waals surface area contributed by atoms with Crippen LogP contribution in [0.4, 0.5) is 0 Å². The average Bonchev–Trinajstić information content (AvgIpc) is 2.76. The maximum atomic E-state index is 11.2.